The molecule has 1 aromatic carbocycles. The number of carbonyl (C=O) groups is 1. The average Bonchev–Trinajstić information content (AvgIpc) is 3.44. The van der Waals surface area contributed by atoms with Crippen LogP contribution in [0.4, 0.5) is 0 Å². The molecule has 2 unspecified atom stereocenters. The highest BCUT2D eigenvalue weighted by Crippen LogP contribution is 2.45. The molecule has 3 saturated heterocycles. The van der Waals surface area contributed by atoms with E-state index in [1.165, 1.54) is 5.56 Å². The Kier molecular flexibility index (Phi) is 5.92. The summed E-state index contributed by atoms with van der Waals surface area (Å²) in [5.74, 6) is 2.64. The van der Waals surface area contributed by atoms with Gasteiger partial charge in [-0.05, 0) is 37.0 Å². The van der Waals surface area contributed by atoms with E-state index in [2.05, 4.69) is 5.32 Å². The van der Waals surface area contributed by atoms with Gasteiger partial charge in [-0.1, -0.05) is 12.1 Å². The zero-order valence-corrected chi connectivity index (χ0v) is 17.5. The largest absolute Gasteiger partial charge is 0.382 e. The van der Waals surface area contributed by atoms with Gasteiger partial charge in [0.05, 0.1) is 10.6 Å². The summed E-state index contributed by atoms with van der Waals surface area (Å²) < 4.78 is 31.0. The van der Waals surface area contributed by atoms with Gasteiger partial charge in [-0.3, -0.25) is 4.79 Å². The fourth-order valence-corrected chi connectivity index (χ4v) is 7.81. The van der Waals surface area contributed by atoms with Crippen molar-refractivity contribution in [1.29, 1.82) is 0 Å². The third-order valence-electron chi connectivity index (χ3n) is 5.20. The molecular weight excluding hydrogens is 404 g/mol. The normalized spacial score (nSPS) is 26.6. The molecule has 1 amide bonds. The first-order chi connectivity index (χ1) is 13.0. The number of hydrogen-bond donors (Lipinski definition) is 1. The molecule has 3 aliphatic heterocycles. The van der Waals surface area contributed by atoms with Crippen molar-refractivity contribution in [3.63, 3.8) is 0 Å². The molecule has 0 radical (unpaired) electrons. The number of nitrogens with zero attached hydrogens (tertiary/aromatic N) is 1. The predicted octanol–water partition coefficient (Wildman–Crippen LogP) is 2.23. The lowest BCUT2D eigenvalue weighted by Gasteiger charge is -2.19. The van der Waals surface area contributed by atoms with Gasteiger partial charge >= 0.3 is 10.1 Å². The molecule has 3 fully saturated rings. The van der Waals surface area contributed by atoms with Gasteiger partial charge in [0.15, 0.2) is 0 Å². The number of nitrogens with one attached hydrogen (secondary N) is 1. The SMILES string of the molecule is O=C(C1CC(S(=O)(=O)Oc2ccc(C3SCCS3)cc2)CN1)N1CCCC1. The van der Waals surface area contributed by atoms with Gasteiger partial charge in [-0.15, -0.1) is 23.5 Å². The van der Waals surface area contributed by atoms with E-state index in [1.54, 1.807) is 12.1 Å². The van der Waals surface area contributed by atoms with E-state index in [1.807, 2.05) is 40.6 Å². The van der Waals surface area contributed by atoms with Crippen molar-refractivity contribution < 1.29 is 17.4 Å². The van der Waals surface area contributed by atoms with Crippen LogP contribution in [-0.2, 0) is 14.9 Å². The zero-order chi connectivity index (χ0) is 18.9. The summed E-state index contributed by atoms with van der Waals surface area (Å²) in [4.78, 5) is 14.3. The van der Waals surface area contributed by atoms with Crippen molar-refractivity contribution in [3.8, 4) is 5.75 Å². The quantitative estimate of drug-likeness (QED) is 0.721. The molecule has 0 bridgehead atoms. The fraction of sp³-hybridized carbons (Fsp3) is 0.611. The monoisotopic (exact) mass is 428 g/mol. The molecule has 4 rings (SSSR count). The van der Waals surface area contributed by atoms with Crippen LogP contribution < -0.4 is 9.50 Å². The summed E-state index contributed by atoms with van der Waals surface area (Å²) in [5, 5.41) is 2.37. The summed E-state index contributed by atoms with van der Waals surface area (Å²) in [6, 6.07) is 6.90. The number of carbonyl (C=O) groups excluding carboxylic acids is 1. The van der Waals surface area contributed by atoms with Gasteiger partial charge in [0.25, 0.3) is 0 Å². The number of amides is 1. The second-order valence-electron chi connectivity index (χ2n) is 7.07. The average molecular weight is 429 g/mol. The maximum Gasteiger partial charge on any atom is 0.313 e. The Bertz CT molecular complexity index is 772. The van der Waals surface area contributed by atoms with Crippen molar-refractivity contribution in [3.05, 3.63) is 29.8 Å². The minimum absolute atomic E-state index is 0.0149. The molecule has 27 heavy (non-hydrogen) atoms. The summed E-state index contributed by atoms with van der Waals surface area (Å²) in [5.41, 5.74) is 1.19. The Morgan fingerprint density at radius 2 is 1.78 bits per heavy atom. The fourth-order valence-electron chi connectivity index (χ4n) is 3.70. The van der Waals surface area contributed by atoms with E-state index >= 15 is 0 Å². The lowest BCUT2D eigenvalue weighted by molar-refractivity contribution is -0.131. The van der Waals surface area contributed by atoms with Crippen molar-refractivity contribution in [2.45, 2.75) is 35.1 Å². The Morgan fingerprint density at radius 1 is 1.11 bits per heavy atom. The van der Waals surface area contributed by atoms with Crippen LogP contribution in [0, 0.1) is 0 Å². The standard InChI is InChI=1S/C18H24N2O4S3/c21-17(20-7-1-2-8-20)16-11-15(12-19-16)27(22,23)24-14-5-3-13(4-6-14)18-25-9-10-26-18/h3-6,15-16,18-19H,1-2,7-12H2. The maximum absolute atomic E-state index is 12.6. The zero-order valence-electron chi connectivity index (χ0n) is 15.0. The highest BCUT2D eigenvalue weighted by molar-refractivity contribution is 8.19. The van der Waals surface area contributed by atoms with Crippen molar-refractivity contribution in [2.75, 3.05) is 31.1 Å². The van der Waals surface area contributed by atoms with Crippen LogP contribution in [0.15, 0.2) is 24.3 Å². The number of benzene rings is 1. The van der Waals surface area contributed by atoms with Gasteiger partial charge in [-0.25, -0.2) is 0 Å². The van der Waals surface area contributed by atoms with Crippen LogP contribution in [0.3, 0.4) is 0 Å². The van der Waals surface area contributed by atoms with Crippen LogP contribution in [0.5, 0.6) is 5.75 Å². The molecule has 1 N–H and O–H groups in total. The van der Waals surface area contributed by atoms with E-state index in [4.69, 9.17) is 4.18 Å². The summed E-state index contributed by atoms with van der Waals surface area (Å²) in [6.07, 6.45) is 2.32. The lowest BCUT2D eigenvalue weighted by atomic mass is 10.2. The minimum Gasteiger partial charge on any atom is -0.382 e. The van der Waals surface area contributed by atoms with Gasteiger partial charge in [0.2, 0.25) is 5.91 Å². The highest BCUT2D eigenvalue weighted by atomic mass is 32.2. The van der Waals surface area contributed by atoms with E-state index in [0.717, 1.165) is 37.4 Å². The molecule has 0 aromatic heterocycles. The van der Waals surface area contributed by atoms with E-state index < -0.39 is 21.4 Å². The highest BCUT2D eigenvalue weighted by Gasteiger charge is 2.40. The Balaban J connectivity index is 1.36. The number of hydrogen-bond acceptors (Lipinski definition) is 7. The lowest BCUT2D eigenvalue weighted by Crippen LogP contribution is -2.42. The maximum atomic E-state index is 12.6. The Labute approximate surface area is 168 Å². The van der Waals surface area contributed by atoms with Crippen LogP contribution in [0.2, 0.25) is 0 Å². The summed E-state index contributed by atoms with van der Waals surface area (Å²) >= 11 is 3.82. The van der Waals surface area contributed by atoms with E-state index in [-0.39, 0.29) is 18.9 Å². The summed E-state index contributed by atoms with van der Waals surface area (Å²) in [7, 11) is -3.78. The molecular formula is C18H24N2O4S3. The molecule has 0 spiro atoms. The second kappa shape index (κ2) is 8.23. The Hall–Kier alpha value is -0.900. The number of rotatable bonds is 5. The minimum atomic E-state index is -3.78. The van der Waals surface area contributed by atoms with Crippen molar-refractivity contribution in [2.24, 2.45) is 0 Å². The first kappa shape index (κ1) is 19.4. The molecule has 6 nitrogen and oxygen atoms in total. The van der Waals surface area contributed by atoms with Gasteiger partial charge in [-0.2, -0.15) is 8.42 Å². The Morgan fingerprint density at radius 3 is 2.44 bits per heavy atom. The third-order valence-corrected chi connectivity index (χ3v) is 9.91. The molecule has 3 heterocycles. The first-order valence-corrected chi connectivity index (χ1v) is 12.9. The molecule has 148 valence electrons. The predicted molar refractivity (Wildman–Crippen MR) is 110 cm³/mol. The number of likely N-dealkylation sites (tertiary alicyclic amines) is 1. The van der Waals surface area contributed by atoms with E-state index in [0.29, 0.717) is 10.3 Å². The van der Waals surface area contributed by atoms with Crippen LogP contribution >= 0.6 is 23.5 Å². The van der Waals surface area contributed by atoms with Crippen molar-refractivity contribution >= 4 is 39.5 Å². The third kappa shape index (κ3) is 4.41. The first-order valence-electron chi connectivity index (χ1n) is 9.31. The topological polar surface area (TPSA) is 75.7 Å². The second-order valence-corrected chi connectivity index (χ2v) is 11.6. The van der Waals surface area contributed by atoms with Gasteiger partial charge in [0.1, 0.15) is 11.0 Å². The van der Waals surface area contributed by atoms with Crippen LogP contribution in [0.1, 0.15) is 29.4 Å². The molecule has 0 saturated carbocycles. The molecule has 2 atom stereocenters. The van der Waals surface area contributed by atoms with Crippen LogP contribution in [-0.4, -0.2) is 61.7 Å². The van der Waals surface area contributed by atoms with E-state index in [9.17, 15) is 13.2 Å². The molecule has 1 aromatic rings. The molecule has 0 aliphatic carbocycles. The van der Waals surface area contributed by atoms with Gasteiger partial charge in [0, 0.05) is 31.1 Å². The van der Waals surface area contributed by atoms with Gasteiger partial charge < -0.3 is 14.4 Å². The van der Waals surface area contributed by atoms with Crippen LogP contribution in [0.25, 0.3) is 0 Å². The molecule has 9 heteroatoms. The smallest absolute Gasteiger partial charge is 0.313 e. The van der Waals surface area contributed by atoms with Crippen molar-refractivity contribution in [1.82, 2.24) is 10.2 Å². The molecule has 3 aliphatic rings. The summed E-state index contributed by atoms with van der Waals surface area (Å²) in [6.45, 7) is 1.80. The number of thioether (sulfide) groups is 2.